The predicted molar refractivity (Wildman–Crippen MR) is 116 cm³/mol. The molecule has 0 aliphatic heterocycles. The van der Waals surface area contributed by atoms with Crippen LogP contribution in [-0.4, -0.2) is 23.6 Å². The summed E-state index contributed by atoms with van der Waals surface area (Å²) in [6.07, 6.45) is 2.33. The molecule has 0 fully saturated rings. The summed E-state index contributed by atoms with van der Waals surface area (Å²) in [7, 11) is 1.64. The quantitative estimate of drug-likeness (QED) is 0.449. The number of nitrogens with one attached hydrogen (secondary N) is 1. The van der Waals surface area contributed by atoms with Gasteiger partial charge in [0.2, 0.25) is 0 Å². The van der Waals surface area contributed by atoms with Crippen molar-refractivity contribution in [3.8, 4) is 17.2 Å². The van der Waals surface area contributed by atoms with Crippen LogP contribution in [-0.2, 0) is 6.42 Å². The summed E-state index contributed by atoms with van der Waals surface area (Å²) in [6.45, 7) is 0.694. The topological polar surface area (TPSA) is 82.3 Å². The molecule has 0 atom stereocenters. The molecule has 0 spiro atoms. The number of aromatic nitrogens is 2. The molecule has 0 unspecified atom stereocenters. The van der Waals surface area contributed by atoms with Crippen LogP contribution in [0.2, 0.25) is 0 Å². The fourth-order valence-corrected chi connectivity index (χ4v) is 3.13. The van der Waals surface area contributed by atoms with Crippen molar-refractivity contribution >= 4 is 22.4 Å². The Hall–Kier alpha value is -3.80. The molecule has 3 aromatic carbocycles. The van der Waals surface area contributed by atoms with Crippen molar-refractivity contribution in [1.82, 2.24) is 9.97 Å². The molecule has 29 heavy (non-hydrogen) atoms. The molecule has 0 amide bonds. The van der Waals surface area contributed by atoms with Gasteiger partial charge in [-0.15, -0.1) is 0 Å². The molecule has 6 nitrogen and oxygen atoms in total. The van der Waals surface area contributed by atoms with Crippen molar-refractivity contribution in [3.63, 3.8) is 0 Å². The van der Waals surface area contributed by atoms with Crippen LogP contribution in [0.15, 0.2) is 73.1 Å². The maximum Gasteiger partial charge on any atom is 0.137 e. The van der Waals surface area contributed by atoms with E-state index in [1.807, 2.05) is 60.7 Å². The van der Waals surface area contributed by atoms with Crippen LogP contribution >= 0.6 is 0 Å². The van der Waals surface area contributed by atoms with E-state index in [4.69, 9.17) is 15.2 Å². The first-order valence-corrected chi connectivity index (χ1v) is 9.37. The fourth-order valence-electron chi connectivity index (χ4n) is 3.13. The minimum Gasteiger partial charge on any atom is -0.497 e. The lowest BCUT2D eigenvalue weighted by Crippen LogP contribution is -2.08. The van der Waals surface area contributed by atoms with Crippen molar-refractivity contribution in [2.24, 2.45) is 0 Å². The zero-order valence-corrected chi connectivity index (χ0v) is 16.1. The Kier molecular flexibility index (Phi) is 5.42. The Morgan fingerprint density at radius 3 is 2.69 bits per heavy atom. The first kappa shape index (κ1) is 18.6. The average Bonchev–Trinajstić information content (AvgIpc) is 2.75. The molecule has 0 saturated heterocycles. The maximum atomic E-state index is 6.09. The highest BCUT2D eigenvalue weighted by Crippen LogP contribution is 2.28. The van der Waals surface area contributed by atoms with E-state index in [0.29, 0.717) is 12.2 Å². The van der Waals surface area contributed by atoms with Crippen LogP contribution in [0.1, 0.15) is 5.56 Å². The molecule has 0 aliphatic rings. The van der Waals surface area contributed by atoms with E-state index >= 15 is 0 Å². The number of ether oxygens (including phenoxy) is 2. The molecule has 3 N–H and O–H groups in total. The van der Waals surface area contributed by atoms with E-state index in [1.54, 1.807) is 13.4 Å². The van der Waals surface area contributed by atoms with Gasteiger partial charge in [-0.2, -0.15) is 0 Å². The highest BCUT2D eigenvalue weighted by molar-refractivity contribution is 5.91. The molecule has 6 heteroatoms. The summed E-state index contributed by atoms with van der Waals surface area (Å²) >= 11 is 0. The minimum atomic E-state index is 0.687. The second kappa shape index (κ2) is 8.48. The minimum absolute atomic E-state index is 0.687. The molecule has 0 saturated carbocycles. The van der Waals surface area contributed by atoms with Gasteiger partial charge in [0.1, 0.15) is 29.4 Å². The zero-order valence-electron chi connectivity index (χ0n) is 16.1. The van der Waals surface area contributed by atoms with E-state index in [9.17, 15) is 0 Å². The fraction of sp³-hybridized carbons (Fsp3) is 0.130. The Labute approximate surface area is 169 Å². The van der Waals surface area contributed by atoms with E-state index in [-0.39, 0.29) is 0 Å². The number of hydrogen-bond donors (Lipinski definition) is 2. The number of para-hydroxylation sites is 1. The number of nitrogens with two attached hydrogens (primary N) is 1. The number of nitrogen functional groups attached to an aromatic ring is 1. The number of fused-ring (bicyclic) bond motifs is 1. The Morgan fingerprint density at radius 1 is 0.931 bits per heavy atom. The molecule has 4 rings (SSSR count). The molecule has 0 aliphatic carbocycles. The molecule has 4 aromatic rings. The van der Waals surface area contributed by atoms with Gasteiger partial charge in [-0.1, -0.05) is 24.3 Å². The third-order valence-electron chi connectivity index (χ3n) is 4.59. The number of methoxy groups -OCH3 is 1. The van der Waals surface area contributed by atoms with Gasteiger partial charge in [-0.3, -0.25) is 0 Å². The highest BCUT2D eigenvalue weighted by Gasteiger charge is 2.07. The van der Waals surface area contributed by atoms with Crippen LogP contribution in [0.25, 0.3) is 10.9 Å². The average molecular weight is 386 g/mol. The van der Waals surface area contributed by atoms with E-state index in [2.05, 4.69) is 21.4 Å². The van der Waals surface area contributed by atoms with Gasteiger partial charge >= 0.3 is 0 Å². The second-order valence-corrected chi connectivity index (χ2v) is 6.56. The van der Waals surface area contributed by atoms with Gasteiger partial charge < -0.3 is 20.5 Å². The van der Waals surface area contributed by atoms with Gasteiger partial charge in [0.25, 0.3) is 0 Å². The van der Waals surface area contributed by atoms with Crippen LogP contribution < -0.4 is 20.5 Å². The van der Waals surface area contributed by atoms with Crippen molar-refractivity contribution in [2.45, 2.75) is 6.42 Å². The van der Waals surface area contributed by atoms with Gasteiger partial charge in [-0.25, -0.2) is 9.97 Å². The van der Waals surface area contributed by atoms with E-state index < -0.39 is 0 Å². The molecular weight excluding hydrogens is 364 g/mol. The number of hydrogen-bond acceptors (Lipinski definition) is 6. The molecular formula is C23H22N4O2. The summed E-state index contributed by atoms with van der Waals surface area (Å²) in [5.74, 6) is 3.09. The van der Waals surface area contributed by atoms with E-state index in [1.165, 1.54) is 0 Å². The van der Waals surface area contributed by atoms with Gasteiger partial charge in [0.05, 0.1) is 12.6 Å². The lowest BCUT2D eigenvalue weighted by atomic mass is 10.1. The summed E-state index contributed by atoms with van der Waals surface area (Å²) in [5.41, 5.74) is 8.56. The largest absolute Gasteiger partial charge is 0.497 e. The van der Waals surface area contributed by atoms with Crippen LogP contribution in [0.5, 0.6) is 17.2 Å². The zero-order chi connectivity index (χ0) is 20.1. The molecule has 146 valence electrons. The third-order valence-corrected chi connectivity index (χ3v) is 4.59. The number of rotatable bonds is 7. The van der Waals surface area contributed by atoms with Crippen LogP contribution in [0, 0.1) is 0 Å². The standard InChI is InChI=1S/C23H22N4O2/c1-28-18-6-4-7-19(14-18)29-22-8-3-2-5-16(22)11-12-25-23-20-13-17(24)9-10-21(20)26-15-27-23/h2-10,13-15H,11-12,24H2,1H3,(H,25,26,27). The van der Waals surface area contributed by atoms with Gasteiger partial charge in [-0.05, 0) is 48.4 Å². The number of anilines is 2. The normalized spacial score (nSPS) is 10.7. The summed E-state index contributed by atoms with van der Waals surface area (Å²) in [5, 5.41) is 4.30. The monoisotopic (exact) mass is 386 g/mol. The van der Waals surface area contributed by atoms with Crippen LogP contribution in [0.4, 0.5) is 11.5 Å². The van der Waals surface area contributed by atoms with Gasteiger partial charge in [0.15, 0.2) is 0 Å². The van der Waals surface area contributed by atoms with E-state index in [0.717, 1.165) is 46.0 Å². The number of benzene rings is 3. The Bertz CT molecular complexity index is 1130. The Morgan fingerprint density at radius 2 is 1.79 bits per heavy atom. The summed E-state index contributed by atoms with van der Waals surface area (Å²) in [4.78, 5) is 8.65. The summed E-state index contributed by atoms with van der Waals surface area (Å²) in [6, 6.07) is 21.2. The Balaban J connectivity index is 1.48. The third kappa shape index (κ3) is 4.38. The molecule has 0 bridgehead atoms. The molecule has 1 aromatic heterocycles. The first-order valence-electron chi connectivity index (χ1n) is 9.37. The van der Waals surface area contributed by atoms with Crippen molar-refractivity contribution in [3.05, 3.63) is 78.6 Å². The molecule has 1 heterocycles. The SMILES string of the molecule is COc1cccc(Oc2ccccc2CCNc2ncnc3ccc(N)cc23)c1. The smallest absolute Gasteiger partial charge is 0.137 e. The maximum absolute atomic E-state index is 6.09. The number of nitrogens with zero attached hydrogens (tertiary/aromatic N) is 2. The lowest BCUT2D eigenvalue weighted by molar-refractivity contribution is 0.408. The van der Waals surface area contributed by atoms with Crippen molar-refractivity contribution < 1.29 is 9.47 Å². The van der Waals surface area contributed by atoms with Crippen molar-refractivity contribution in [1.29, 1.82) is 0 Å². The lowest BCUT2D eigenvalue weighted by Gasteiger charge is -2.13. The molecule has 0 radical (unpaired) electrons. The second-order valence-electron chi connectivity index (χ2n) is 6.56. The highest BCUT2D eigenvalue weighted by atomic mass is 16.5. The van der Waals surface area contributed by atoms with Crippen LogP contribution in [0.3, 0.4) is 0 Å². The van der Waals surface area contributed by atoms with Crippen molar-refractivity contribution in [2.75, 3.05) is 24.7 Å². The summed E-state index contributed by atoms with van der Waals surface area (Å²) < 4.78 is 11.4. The predicted octanol–water partition coefficient (Wildman–Crippen LogP) is 4.67. The first-order chi connectivity index (χ1) is 14.2. The van der Waals surface area contributed by atoms with Gasteiger partial charge in [0, 0.05) is 23.7 Å².